The van der Waals surface area contributed by atoms with E-state index in [1.807, 2.05) is 13.0 Å². The molecule has 1 rings (SSSR count). The summed E-state index contributed by atoms with van der Waals surface area (Å²) in [5, 5.41) is 3.05. The van der Waals surface area contributed by atoms with E-state index in [0.29, 0.717) is 5.56 Å². The van der Waals surface area contributed by atoms with Gasteiger partial charge in [0.15, 0.2) is 0 Å². The van der Waals surface area contributed by atoms with Gasteiger partial charge in [0.2, 0.25) is 0 Å². The van der Waals surface area contributed by atoms with Gasteiger partial charge in [0.1, 0.15) is 11.9 Å². The van der Waals surface area contributed by atoms with Crippen LogP contribution >= 0.6 is 0 Å². The van der Waals surface area contributed by atoms with Gasteiger partial charge in [-0.15, -0.1) is 0 Å². The first-order valence-electron chi connectivity index (χ1n) is 5.55. The lowest BCUT2D eigenvalue weighted by molar-refractivity contribution is -0.142. The first-order chi connectivity index (χ1) is 7.95. The molecule has 1 N–H and O–H groups in total. The Morgan fingerprint density at radius 3 is 2.59 bits per heavy atom. The summed E-state index contributed by atoms with van der Waals surface area (Å²) in [6.45, 7) is 5.31. The zero-order valence-corrected chi connectivity index (χ0v) is 10.6. The van der Waals surface area contributed by atoms with Crippen molar-refractivity contribution in [1.29, 1.82) is 0 Å². The van der Waals surface area contributed by atoms with Gasteiger partial charge in [0.05, 0.1) is 7.11 Å². The first kappa shape index (κ1) is 13.6. The van der Waals surface area contributed by atoms with E-state index in [-0.39, 0.29) is 17.8 Å². The zero-order chi connectivity index (χ0) is 13.0. The highest BCUT2D eigenvalue weighted by Crippen LogP contribution is 2.16. The quantitative estimate of drug-likeness (QED) is 0.820. The van der Waals surface area contributed by atoms with E-state index in [4.69, 9.17) is 0 Å². The summed E-state index contributed by atoms with van der Waals surface area (Å²) < 4.78 is 18.0. The molecule has 94 valence electrons. The second-order valence-electron chi connectivity index (χ2n) is 4.14. The number of carbonyl (C=O) groups excluding carboxylic acids is 1. The maximum Gasteiger partial charge on any atom is 0.322 e. The number of aryl methyl sites for hydroxylation is 1. The van der Waals surface area contributed by atoms with Crippen molar-refractivity contribution in [2.24, 2.45) is 0 Å². The molecular weight excluding hydrogens is 221 g/mol. The maximum absolute atomic E-state index is 13.4. The smallest absolute Gasteiger partial charge is 0.322 e. The van der Waals surface area contributed by atoms with Crippen LogP contribution in [0.25, 0.3) is 0 Å². The molecule has 1 unspecified atom stereocenters. The van der Waals surface area contributed by atoms with Crippen molar-refractivity contribution in [1.82, 2.24) is 5.32 Å². The third kappa shape index (κ3) is 3.53. The van der Waals surface area contributed by atoms with Crippen molar-refractivity contribution in [2.75, 3.05) is 7.11 Å². The Morgan fingerprint density at radius 1 is 1.41 bits per heavy atom. The summed E-state index contributed by atoms with van der Waals surface area (Å²) in [6.07, 6.45) is 0. The van der Waals surface area contributed by atoms with Crippen molar-refractivity contribution in [2.45, 2.75) is 32.9 Å². The number of ether oxygens (including phenoxy) is 1. The molecule has 0 aromatic heterocycles. The van der Waals surface area contributed by atoms with E-state index in [9.17, 15) is 9.18 Å². The SMILES string of the molecule is COC(=O)[C@H](C)NC(C)c1ccc(C)c(F)c1. The van der Waals surface area contributed by atoms with Crippen LogP contribution in [-0.4, -0.2) is 19.1 Å². The summed E-state index contributed by atoms with van der Waals surface area (Å²) in [6, 6.07) is 4.53. The average Bonchev–Trinajstić information content (AvgIpc) is 2.31. The number of methoxy groups -OCH3 is 1. The van der Waals surface area contributed by atoms with Crippen LogP contribution in [0.4, 0.5) is 4.39 Å². The number of carbonyl (C=O) groups is 1. The molecule has 1 aromatic carbocycles. The maximum atomic E-state index is 13.4. The summed E-state index contributed by atoms with van der Waals surface area (Å²) in [5.74, 6) is -0.564. The predicted octanol–water partition coefficient (Wildman–Crippen LogP) is 2.35. The van der Waals surface area contributed by atoms with Gasteiger partial charge in [0, 0.05) is 6.04 Å². The Bertz CT molecular complexity index is 406. The number of rotatable bonds is 4. The highest BCUT2D eigenvalue weighted by molar-refractivity contribution is 5.75. The molecule has 0 radical (unpaired) electrons. The van der Waals surface area contributed by atoms with Crippen LogP contribution in [0.2, 0.25) is 0 Å². The minimum Gasteiger partial charge on any atom is -0.468 e. The molecule has 0 fully saturated rings. The van der Waals surface area contributed by atoms with E-state index in [1.54, 1.807) is 19.9 Å². The van der Waals surface area contributed by atoms with Crippen LogP contribution in [-0.2, 0) is 9.53 Å². The highest BCUT2D eigenvalue weighted by Gasteiger charge is 2.16. The molecule has 3 nitrogen and oxygen atoms in total. The number of hydrogen-bond donors (Lipinski definition) is 1. The lowest BCUT2D eigenvalue weighted by Crippen LogP contribution is -2.36. The van der Waals surface area contributed by atoms with Gasteiger partial charge in [-0.25, -0.2) is 4.39 Å². The third-order valence-corrected chi connectivity index (χ3v) is 2.75. The fourth-order valence-corrected chi connectivity index (χ4v) is 1.59. The van der Waals surface area contributed by atoms with Gasteiger partial charge in [0.25, 0.3) is 0 Å². The van der Waals surface area contributed by atoms with Crippen LogP contribution < -0.4 is 5.32 Å². The fraction of sp³-hybridized carbons (Fsp3) is 0.462. The molecule has 2 atom stereocenters. The van der Waals surface area contributed by atoms with Gasteiger partial charge < -0.3 is 4.74 Å². The molecule has 0 bridgehead atoms. The van der Waals surface area contributed by atoms with Crippen molar-refractivity contribution >= 4 is 5.97 Å². The van der Waals surface area contributed by atoms with E-state index in [2.05, 4.69) is 10.1 Å². The minimum absolute atomic E-state index is 0.112. The Balaban J connectivity index is 2.72. The summed E-state index contributed by atoms with van der Waals surface area (Å²) in [5.41, 5.74) is 1.42. The Morgan fingerprint density at radius 2 is 2.06 bits per heavy atom. The molecule has 17 heavy (non-hydrogen) atoms. The van der Waals surface area contributed by atoms with Gasteiger partial charge >= 0.3 is 5.97 Å². The second kappa shape index (κ2) is 5.77. The number of halogens is 1. The molecule has 0 saturated heterocycles. The Kier molecular flexibility index (Phi) is 4.63. The van der Waals surface area contributed by atoms with E-state index in [1.165, 1.54) is 13.2 Å². The zero-order valence-electron chi connectivity index (χ0n) is 10.6. The van der Waals surface area contributed by atoms with Gasteiger partial charge in [-0.2, -0.15) is 0 Å². The van der Waals surface area contributed by atoms with Crippen LogP contribution in [0.1, 0.15) is 31.0 Å². The van der Waals surface area contributed by atoms with Crippen molar-refractivity contribution < 1.29 is 13.9 Å². The van der Waals surface area contributed by atoms with Crippen LogP contribution in [0.5, 0.6) is 0 Å². The molecule has 0 spiro atoms. The Hall–Kier alpha value is -1.42. The standard InChI is InChI=1S/C13H18FNO2/c1-8-5-6-11(7-12(8)14)9(2)15-10(3)13(16)17-4/h5-7,9-10,15H,1-4H3/t9?,10-/m0/s1. The number of nitrogens with one attached hydrogen (secondary N) is 1. The fourth-order valence-electron chi connectivity index (χ4n) is 1.59. The van der Waals surface area contributed by atoms with E-state index in [0.717, 1.165) is 5.56 Å². The molecule has 0 amide bonds. The number of benzene rings is 1. The largest absolute Gasteiger partial charge is 0.468 e. The first-order valence-corrected chi connectivity index (χ1v) is 5.55. The molecule has 1 aromatic rings. The molecule has 0 aliphatic heterocycles. The summed E-state index contributed by atoms with van der Waals surface area (Å²) >= 11 is 0. The Labute approximate surface area is 101 Å². The molecule has 0 saturated carbocycles. The van der Waals surface area contributed by atoms with E-state index >= 15 is 0 Å². The monoisotopic (exact) mass is 239 g/mol. The van der Waals surface area contributed by atoms with Gasteiger partial charge in [-0.05, 0) is 38.0 Å². The van der Waals surface area contributed by atoms with Crippen molar-refractivity contribution in [3.8, 4) is 0 Å². The molecule has 0 aliphatic rings. The van der Waals surface area contributed by atoms with Crippen LogP contribution in [0.3, 0.4) is 0 Å². The normalized spacial score (nSPS) is 14.2. The predicted molar refractivity (Wildman–Crippen MR) is 64.2 cm³/mol. The third-order valence-electron chi connectivity index (χ3n) is 2.75. The van der Waals surface area contributed by atoms with Crippen LogP contribution in [0.15, 0.2) is 18.2 Å². The number of esters is 1. The molecule has 0 aliphatic carbocycles. The summed E-state index contributed by atoms with van der Waals surface area (Å²) in [7, 11) is 1.34. The second-order valence-corrected chi connectivity index (χ2v) is 4.14. The van der Waals surface area contributed by atoms with Gasteiger partial charge in [-0.1, -0.05) is 12.1 Å². The molecule has 0 heterocycles. The van der Waals surface area contributed by atoms with E-state index < -0.39 is 6.04 Å². The van der Waals surface area contributed by atoms with Crippen molar-refractivity contribution in [3.05, 3.63) is 35.1 Å². The van der Waals surface area contributed by atoms with Crippen LogP contribution in [0, 0.1) is 12.7 Å². The minimum atomic E-state index is -0.417. The lowest BCUT2D eigenvalue weighted by Gasteiger charge is -2.18. The summed E-state index contributed by atoms with van der Waals surface area (Å²) in [4.78, 5) is 11.2. The number of hydrogen-bond acceptors (Lipinski definition) is 3. The molecular formula is C13H18FNO2. The van der Waals surface area contributed by atoms with Gasteiger partial charge in [-0.3, -0.25) is 10.1 Å². The topological polar surface area (TPSA) is 38.3 Å². The molecule has 4 heteroatoms. The lowest BCUT2D eigenvalue weighted by atomic mass is 10.1. The van der Waals surface area contributed by atoms with Crippen molar-refractivity contribution in [3.63, 3.8) is 0 Å². The highest BCUT2D eigenvalue weighted by atomic mass is 19.1. The average molecular weight is 239 g/mol.